The van der Waals surface area contributed by atoms with Crippen molar-refractivity contribution in [2.24, 2.45) is 5.92 Å². The van der Waals surface area contributed by atoms with Crippen LogP contribution < -0.4 is 16.4 Å². The van der Waals surface area contributed by atoms with Crippen molar-refractivity contribution in [1.82, 2.24) is 24.7 Å². The maximum absolute atomic E-state index is 9.45. The Balaban J connectivity index is 1.27. The van der Waals surface area contributed by atoms with Crippen LogP contribution >= 0.6 is 0 Å². The number of nitriles is 1. The molecule has 1 aliphatic carbocycles. The van der Waals surface area contributed by atoms with Crippen LogP contribution in [0.1, 0.15) is 43.7 Å². The molecular weight excluding hydrogens is 522 g/mol. The van der Waals surface area contributed by atoms with Gasteiger partial charge in [0.1, 0.15) is 0 Å². The first kappa shape index (κ1) is 27.0. The Labute approximate surface area is 245 Å². The molecule has 0 radical (unpaired) electrons. The first-order chi connectivity index (χ1) is 20.7. The fraction of sp³-hybridized carbons (Fsp3) is 0.242. The molecule has 1 fully saturated rings. The van der Waals surface area contributed by atoms with Crippen LogP contribution in [-0.4, -0.2) is 24.7 Å². The summed E-state index contributed by atoms with van der Waals surface area (Å²) >= 11 is 0. The normalized spacial score (nSPS) is 13.9. The minimum absolute atomic E-state index is 0.0928. The van der Waals surface area contributed by atoms with Gasteiger partial charge in [0, 0.05) is 42.6 Å². The molecule has 210 valence electrons. The smallest absolute Gasteiger partial charge is 0.227 e. The van der Waals surface area contributed by atoms with Crippen LogP contribution in [0.15, 0.2) is 91.6 Å². The number of pyridine rings is 1. The van der Waals surface area contributed by atoms with Crippen molar-refractivity contribution in [1.29, 1.82) is 5.26 Å². The van der Waals surface area contributed by atoms with Crippen LogP contribution in [0.4, 0.5) is 23.0 Å². The summed E-state index contributed by atoms with van der Waals surface area (Å²) in [6.45, 7) is 0.620. The van der Waals surface area contributed by atoms with Gasteiger partial charge in [0.05, 0.1) is 41.8 Å². The van der Waals surface area contributed by atoms with Gasteiger partial charge in [-0.3, -0.25) is 9.67 Å². The van der Waals surface area contributed by atoms with Crippen LogP contribution in [0, 0.1) is 17.2 Å². The third kappa shape index (κ3) is 6.23. The largest absolute Gasteiger partial charge is 0.399 e. The van der Waals surface area contributed by atoms with Crippen LogP contribution in [0.25, 0.3) is 22.4 Å². The molecule has 1 saturated carbocycles. The van der Waals surface area contributed by atoms with Gasteiger partial charge in [0.2, 0.25) is 5.95 Å². The second kappa shape index (κ2) is 12.5. The summed E-state index contributed by atoms with van der Waals surface area (Å²) in [7, 11) is 0. The highest BCUT2D eigenvalue weighted by Gasteiger charge is 2.27. The summed E-state index contributed by atoms with van der Waals surface area (Å²) in [5.74, 6) is 0.967. The van der Waals surface area contributed by atoms with E-state index in [-0.39, 0.29) is 6.04 Å². The Morgan fingerprint density at radius 2 is 1.79 bits per heavy atom. The lowest BCUT2D eigenvalue weighted by Crippen LogP contribution is -2.17. The molecule has 6 rings (SSSR count). The predicted molar refractivity (Wildman–Crippen MR) is 166 cm³/mol. The number of rotatable bonds is 10. The standard InChI is InChI=1S/C33H33N9/c34-15-13-32(25-5-1-2-6-25)42-22-27(21-39-42)29-14-17-37-33(40-29)41-31-18-26(24-7-10-28(35)11-8-24)9-12-30(31)38-20-23-4-3-16-36-19-23/h3-4,7-12,14,16-19,21-22,25,32,38H,1-2,5-6,13,20,35H2,(H,37,40,41). The Morgan fingerprint density at radius 1 is 0.952 bits per heavy atom. The minimum atomic E-state index is 0.0928. The number of anilines is 4. The van der Waals surface area contributed by atoms with Crippen LogP contribution in [0.2, 0.25) is 0 Å². The van der Waals surface area contributed by atoms with Crippen molar-refractivity contribution in [3.63, 3.8) is 0 Å². The lowest BCUT2D eigenvalue weighted by atomic mass is 9.96. The lowest BCUT2D eigenvalue weighted by molar-refractivity contribution is 0.315. The summed E-state index contributed by atoms with van der Waals surface area (Å²) in [4.78, 5) is 13.6. The number of benzene rings is 2. The van der Waals surface area contributed by atoms with Gasteiger partial charge in [-0.25, -0.2) is 9.97 Å². The number of hydrogen-bond donors (Lipinski definition) is 3. The van der Waals surface area contributed by atoms with Gasteiger partial charge in [0.25, 0.3) is 0 Å². The van der Waals surface area contributed by atoms with E-state index in [1.165, 1.54) is 12.8 Å². The fourth-order valence-electron chi connectivity index (χ4n) is 5.62. The highest BCUT2D eigenvalue weighted by molar-refractivity contribution is 5.80. The number of nitrogens with one attached hydrogen (secondary N) is 2. The van der Waals surface area contributed by atoms with E-state index in [1.54, 1.807) is 12.4 Å². The van der Waals surface area contributed by atoms with E-state index < -0.39 is 0 Å². The molecule has 4 N–H and O–H groups in total. The number of nitrogens with two attached hydrogens (primary N) is 1. The molecule has 9 nitrogen and oxygen atoms in total. The van der Waals surface area contributed by atoms with Crippen molar-refractivity contribution >= 4 is 23.0 Å². The highest BCUT2D eigenvalue weighted by Crippen LogP contribution is 2.36. The summed E-state index contributed by atoms with van der Waals surface area (Å²) in [6.07, 6.45) is 14.4. The molecule has 3 aromatic heterocycles. The maximum atomic E-state index is 9.45. The van der Waals surface area contributed by atoms with E-state index >= 15 is 0 Å². The molecular formula is C33H33N9. The Hall–Kier alpha value is -5.23. The SMILES string of the molecule is N#CCC(C1CCCC1)n1cc(-c2ccnc(Nc3cc(-c4ccc(N)cc4)ccc3NCc3cccnc3)n2)cn1. The first-order valence-electron chi connectivity index (χ1n) is 14.3. The molecule has 2 aromatic carbocycles. The Bertz CT molecular complexity index is 1670. The zero-order chi connectivity index (χ0) is 28.7. The van der Waals surface area contributed by atoms with Crippen LogP contribution in [0.3, 0.4) is 0 Å². The van der Waals surface area contributed by atoms with Gasteiger partial charge >= 0.3 is 0 Å². The molecule has 0 saturated heterocycles. The van der Waals surface area contributed by atoms with Gasteiger partial charge in [0.15, 0.2) is 0 Å². The van der Waals surface area contributed by atoms with Gasteiger partial charge in [-0.1, -0.05) is 37.1 Å². The van der Waals surface area contributed by atoms with Gasteiger partial charge in [-0.15, -0.1) is 0 Å². The third-order valence-corrected chi connectivity index (χ3v) is 7.85. The number of aromatic nitrogens is 5. The van der Waals surface area contributed by atoms with E-state index in [4.69, 9.17) is 10.7 Å². The molecule has 0 spiro atoms. The zero-order valence-corrected chi connectivity index (χ0v) is 23.3. The molecule has 5 aromatic rings. The van der Waals surface area contributed by atoms with Crippen LogP contribution in [-0.2, 0) is 6.54 Å². The monoisotopic (exact) mass is 555 g/mol. The van der Waals surface area contributed by atoms with Gasteiger partial charge in [-0.05, 0) is 71.8 Å². The molecule has 1 atom stereocenters. The van der Waals surface area contributed by atoms with E-state index in [9.17, 15) is 5.26 Å². The van der Waals surface area contributed by atoms with Crippen molar-refractivity contribution in [2.75, 3.05) is 16.4 Å². The fourth-order valence-corrected chi connectivity index (χ4v) is 5.62. The van der Waals surface area contributed by atoms with Crippen LogP contribution in [0.5, 0.6) is 0 Å². The lowest BCUT2D eigenvalue weighted by Gasteiger charge is -2.21. The van der Waals surface area contributed by atoms with Crippen molar-refractivity contribution < 1.29 is 0 Å². The van der Waals surface area contributed by atoms with Crippen molar-refractivity contribution in [2.45, 2.75) is 44.7 Å². The summed E-state index contributed by atoms with van der Waals surface area (Å²) in [6, 6.07) is 22.3. The molecule has 0 bridgehead atoms. The molecule has 1 aliphatic rings. The van der Waals surface area contributed by atoms with Gasteiger partial charge < -0.3 is 16.4 Å². The average molecular weight is 556 g/mol. The Morgan fingerprint density at radius 3 is 2.57 bits per heavy atom. The van der Waals surface area contributed by atoms with Crippen molar-refractivity contribution in [3.05, 3.63) is 97.2 Å². The van der Waals surface area contributed by atoms with Gasteiger partial charge in [-0.2, -0.15) is 10.4 Å². The second-order valence-electron chi connectivity index (χ2n) is 10.7. The molecule has 0 amide bonds. The maximum Gasteiger partial charge on any atom is 0.227 e. The number of nitrogens with zero attached hydrogens (tertiary/aromatic N) is 6. The molecule has 1 unspecified atom stereocenters. The first-order valence-corrected chi connectivity index (χ1v) is 14.3. The second-order valence-corrected chi connectivity index (χ2v) is 10.7. The van der Waals surface area contributed by atoms with E-state index in [2.05, 4.69) is 50.0 Å². The third-order valence-electron chi connectivity index (χ3n) is 7.85. The van der Waals surface area contributed by atoms with Crippen molar-refractivity contribution in [3.8, 4) is 28.5 Å². The Kier molecular flexibility index (Phi) is 8.04. The minimum Gasteiger partial charge on any atom is -0.399 e. The molecule has 0 aliphatic heterocycles. The zero-order valence-electron chi connectivity index (χ0n) is 23.3. The summed E-state index contributed by atoms with van der Waals surface area (Å²) in [5.41, 5.74) is 13.2. The number of hydrogen-bond acceptors (Lipinski definition) is 8. The summed E-state index contributed by atoms with van der Waals surface area (Å²) in [5, 5.41) is 21.1. The highest BCUT2D eigenvalue weighted by atomic mass is 15.3. The molecule has 3 heterocycles. The van der Waals surface area contributed by atoms with E-state index in [1.807, 2.05) is 65.7 Å². The molecule has 42 heavy (non-hydrogen) atoms. The van der Waals surface area contributed by atoms with E-state index in [0.29, 0.717) is 24.8 Å². The predicted octanol–water partition coefficient (Wildman–Crippen LogP) is 6.98. The summed E-state index contributed by atoms with van der Waals surface area (Å²) < 4.78 is 1.96. The number of nitrogen functional groups attached to an aromatic ring is 1. The molecule has 9 heteroatoms. The topological polar surface area (TPSA) is 130 Å². The average Bonchev–Trinajstić information content (AvgIpc) is 3.74. The van der Waals surface area contributed by atoms with E-state index in [0.717, 1.165) is 57.9 Å². The quantitative estimate of drug-likeness (QED) is 0.157.